The zero-order valence-electron chi connectivity index (χ0n) is 14.7. The molecule has 0 spiro atoms. The van der Waals surface area contributed by atoms with Crippen molar-refractivity contribution >= 4 is 16.9 Å². The molecular weight excluding hydrogens is 362 g/mol. The first-order valence-corrected chi connectivity index (χ1v) is 8.74. The number of para-hydroxylation sites is 1. The Morgan fingerprint density at radius 3 is 2.79 bits per heavy atom. The molecule has 0 atom stereocenters. The van der Waals surface area contributed by atoms with E-state index in [4.69, 9.17) is 4.42 Å². The van der Waals surface area contributed by atoms with Crippen LogP contribution in [0.25, 0.3) is 11.0 Å². The zero-order valence-corrected chi connectivity index (χ0v) is 14.7. The molecule has 10 nitrogen and oxygen atoms in total. The first-order chi connectivity index (χ1) is 13.7. The molecule has 140 valence electrons. The summed E-state index contributed by atoms with van der Waals surface area (Å²) in [6, 6.07) is 8.16. The summed E-state index contributed by atoms with van der Waals surface area (Å²) in [5.41, 5.74) is 0.917. The van der Waals surface area contributed by atoms with E-state index in [1.807, 2.05) is 6.20 Å². The Morgan fingerprint density at radius 1 is 1.18 bits per heavy atom. The summed E-state index contributed by atoms with van der Waals surface area (Å²) < 4.78 is 7.36. The Kier molecular flexibility index (Phi) is 3.75. The molecule has 4 aromatic rings. The van der Waals surface area contributed by atoms with Crippen LogP contribution in [0.4, 0.5) is 0 Å². The third kappa shape index (κ3) is 2.84. The number of likely N-dealkylation sites (tertiary alicyclic amines) is 1. The van der Waals surface area contributed by atoms with Gasteiger partial charge in [-0.2, -0.15) is 15.0 Å². The second kappa shape index (κ2) is 6.41. The maximum Gasteiger partial charge on any atom is 0.289 e. The summed E-state index contributed by atoms with van der Waals surface area (Å²) >= 11 is 0. The molecule has 0 bridgehead atoms. The van der Waals surface area contributed by atoms with Gasteiger partial charge < -0.3 is 9.32 Å². The Bertz CT molecular complexity index is 1210. The summed E-state index contributed by atoms with van der Waals surface area (Å²) in [5, 5.41) is 16.8. The van der Waals surface area contributed by atoms with Gasteiger partial charge in [-0.3, -0.25) is 9.59 Å². The summed E-state index contributed by atoms with van der Waals surface area (Å²) in [7, 11) is 0. The van der Waals surface area contributed by atoms with Crippen molar-refractivity contribution in [3.8, 4) is 0 Å². The fourth-order valence-corrected chi connectivity index (χ4v) is 3.19. The Hall–Kier alpha value is -3.82. The average Bonchev–Trinajstić information content (AvgIpc) is 3.33. The van der Waals surface area contributed by atoms with Crippen LogP contribution in [0.1, 0.15) is 22.3 Å². The van der Waals surface area contributed by atoms with Gasteiger partial charge in [0.2, 0.25) is 0 Å². The summed E-state index contributed by atoms with van der Waals surface area (Å²) in [4.78, 5) is 28.0. The lowest BCUT2D eigenvalue weighted by Gasteiger charge is -2.38. The van der Waals surface area contributed by atoms with Crippen molar-refractivity contribution in [3.63, 3.8) is 0 Å². The lowest BCUT2D eigenvalue weighted by Crippen LogP contribution is -2.51. The van der Waals surface area contributed by atoms with Crippen molar-refractivity contribution in [3.05, 3.63) is 70.6 Å². The van der Waals surface area contributed by atoms with E-state index in [0.717, 1.165) is 5.69 Å². The van der Waals surface area contributed by atoms with E-state index in [1.165, 1.54) is 10.9 Å². The minimum Gasteiger partial charge on any atom is -0.451 e. The number of rotatable bonds is 4. The van der Waals surface area contributed by atoms with Crippen molar-refractivity contribution < 1.29 is 9.21 Å². The van der Waals surface area contributed by atoms with Crippen molar-refractivity contribution in [2.45, 2.75) is 12.6 Å². The molecular formula is C18H15N7O3. The maximum absolute atomic E-state index is 12.6. The van der Waals surface area contributed by atoms with Crippen LogP contribution >= 0.6 is 0 Å². The number of hydrogen-bond acceptors (Lipinski definition) is 7. The number of amides is 1. The van der Waals surface area contributed by atoms with Gasteiger partial charge in [0, 0.05) is 19.2 Å². The van der Waals surface area contributed by atoms with Crippen LogP contribution < -0.4 is 5.43 Å². The summed E-state index contributed by atoms with van der Waals surface area (Å²) in [6.45, 7) is 1.38. The van der Waals surface area contributed by atoms with Gasteiger partial charge in [-0.05, 0) is 12.1 Å². The van der Waals surface area contributed by atoms with Gasteiger partial charge in [0.15, 0.2) is 11.2 Å². The van der Waals surface area contributed by atoms with E-state index in [0.29, 0.717) is 30.6 Å². The number of fused-ring (bicyclic) bond motifs is 1. The van der Waals surface area contributed by atoms with Gasteiger partial charge in [0.05, 0.1) is 30.0 Å². The molecule has 0 N–H and O–H groups in total. The minimum absolute atomic E-state index is 0.0305. The average molecular weight is 377 g/mol. The van der Waals surface area contributed by atoms with Crippen molar-refractivity contribution in [2.24, 2.45) is 0 Å². The minimum atomic E-state index is -0.305. The topological polar surface area (TPSA) is 112 Å². The van der Waals surface area contributed by atoms with E-state index < -0.39 is 0 Å². The molecule has 28 heavy (non-hydrogen) atoms. The van der Waals surface area contributed by atoms with Crippen LogP contribution in [0, 0.1) is 0 Å². The van der Waals surface area contributed by atoms with Crippen LogP contribution in [0.15, 0.2) is 58.1 Å². The SMILES string of the molecule is O=C(c1cc(=O)c2ccccc2o1)N1CC(n2cc(Cn3nccn3)nn2)C1. The fraction of sp³-hybridized carbons (Fsp3) is 0.222. The highest BCUT2D eigenvalue weighted by Crippen LogP contribution is 2.23. The maximum atomic E-state index is 12.6. The Labute approximate surface area is 158 Å². The zero-order chi connectivity index (χ0) is 19.1. The van der Waals surface area contributed by atoms with Crippen molar-refractivity contribution in [2.75, 3.05) is 13.1 Å². The van der Waals surface area contributed by atoms with E-state index in [9.17, 15) is 9.59 Å². The normalized spacial score (nSPS) is 14.4. The monoisotopic (exact) mass is 377 g/mol. The predicted molar refractivity (Wildman–Crippen MR) is 96.6 cm³/mol. The third-order valence-corrected chi connectivity index (χ3v) is 4.70. The number of carbonyl (C=O) groups excluding carboxylic acids is 1. The highest BCUT2D eigenvalue weighted by atomic mass is 16.3. The number of carbonyl (C=O) groups is 1. The number of hydrogen-bond donors (Lipinski definition) is 0. The quantitative estimate of drug-likeness (QED) is 0.515. The molecule has 0 unspecified atom stereocenters. The van der Waals surface area contributed by atoms with Crippen LogP contribution in [-0.2, 0) is 6.54 Å². The molecule has 3 aromatic heterocycles. The Morgan fingerprint density at radius 2 is 1.96 bits per heavy atom. The van der Waals surface area contributed by atoms with Crippen LogP contribution in [0.2, 0.25) is 0 Å². The Balaban J connectivity index is 1.27. The van der Waals surface area contributed by atoms with Crippen molar-refractivity contribution in [1.82, 2.24) is 34.9 Å². The van der Waals surface area contributed by atoms with Gasteiger partial charge in [-0.25, -0.2) is 4.68 Å². The van der Waals surface area contributed by atoms with E-state index >= 15 is 0 Å². The highest BCUT2D eigenvalue weighted by Gasteiger charge is 2.34. The predicted octanol–water partition coefficient (Wildman–Crippen LogP) is 0.721. The van der Waals surface area contributed by atoms with Gasteiger partial charge in [-0.15, -0.1) is 5.10 Å². The third-order valence-electron chi connectivity index (χ3n) is 4.70. The molecule has 1 amide bonds. The standard InChI is InChI=1S/C18H15N7O3/c26-15-7-17(28-16-4-2-1-3-14(15)16)18(27)23-10-13(11-23)24-8-12(21-22-24)9-25-19-5-6-20-25/h1-8,13H,9-11H2. The molecule has 4 heterocycles. The highest BCUT2D eigenvalue weighted by molar-refractivity contribution is 5.93. The lowest BCUT2D eigenvalue weighted by molar-refractivity contribution is 0.0467. The molecule has 1 fully saturated rings. The largest absolute Gasteiger partial charge is 0.451 e. The molecule has 1 aliphatic rings. The fourth-order valence-electron chi connectivity index (χ4n) is 3.19. The second-order valence-electron chi connectivity index (χ2n) is 6.58. The number of nitrogens with zero attached hydrogens (tertiary/aromatic N) is 7. The van der Waals surface area contributed by atoms with Gasteiger partial charge in [0.1, 0.15) is 17.8 Å². The van der Waals surface area contributed by atoms with E-state index in [2.05, 4.69) is 20.5 Å². The van der Waals surface area contributed by atoms with E-state index in [1.54, 1.807) is 46.2 Å². The molecule has 5 rings (SSSR count). The smallest absolute Gasteiger partial charge is 0.289 e. The second-order valence-corrected chi connectivity index (χ2v) is 6.58. The molecule has 10 heteroatoms. The van der Waals surface area contributed by atoms with Crippen LogP contribution in [-0.4, -0.2) is 53.9 Å². The molecule has 1 aromatic carbocycles. The first kappa shape index (κ1) is 16.4. The number of aromatic nitrogens is 6. The van der Waals surface area contributed by atoms with Crippen LogP contribution in [0.3, 0.4) is 0 Å². The lowest BCUT2D eigenvalue weighted by atomic mass is 10.1. The molecule has 1 aliphatic heterocycles. The molecule has 0 radical (unpaired) electrons. The van der Waals surface area contributed by atoms with E-state index in [-0.39, 0.29) is 23.1 Å². The molecule has 1 saturated heterocycles. The first-order valence-electron chi connectivity index (χ1n) is 8.74. The van der Waals surface area contributed by atoms with Gasteiger partial charge >= 0.3 is 0 Å². The van der Waals surface area contributed by atoms with Gasteiger partial charge in [0.25, 0.3) is 5.91 Å². The summed E-state index contributed by atoms with van der Waals surface area (Å²) in [6.07, 6.45) is 5.03. The molecule has 0 saturated carbocycles. The molecule has 0 aliphatic carbocycles. The summed E-state index contributed by atoms with van der Waals surface area (Å²) in [5.74, 6) is -0.258. The van der Waals surface area contributed by atoms with Crippen molar-refractivity contribution in [1.29, 1.82) is 0 Å². The number of benzene rings is 1. The van der Waals surface area contributed by atoms with Gasteiger partial charge in [-0.1, -0.05) is 17.3 Å². The van der Waals surface area contributed by atoms with Crippen LogP contribution in [0.5, 0.6) is 0 Å².